The van der Waals surface area contributed by atoms with Crippen LogP contribution in [0.15, 0.2) is 47.5 Å². The van der Waals surface area contributed by atoms with Crippen LogP contribution in [-0.2, 0) is 10.0 Å². The zero-order valence-corrected chi connectivity index (χ0v) is 15.6. The smallest absolute Gasteiger partial charge is 0.262 e. The number of sulfonamides is 1. The van der Waals surface area contributed by atoms with Gasteiger partial charge < -0.3 is 15.3 Å². The molecule has 144 valence electrons. The molecule has 27 heavy (non-hydrogen) atoms. The van der Waals surface area contributed by atoms with E-state index in [2.05, 4.69) is 23.1 Å². The van der Waals surface area contributed by atoms with E-state index in [0.717, 1.165) is 19.2 Å². The van der Waals surface area contributed by atoms with Crippen LogP contribution in [0.5, 0.6) is 11.5 Å². The number of hydrogen-bond acceptors (Lipinski definition) is 7. The van der Waals surface area contributed by atoms with Crippen LogP contribution in [0.25, 0.3) is 12.2 Å². The summed E-state index contributed by atoms with van der Waals surface area (Å²) in [7, 11) is -3.09. The largest absolute Gasteiger partial charge is 0.504 e. The monoisotopic (exact) mass is 392 g/mol. The van der Waals surface area contributed by atoms with Crippen molar-refractivity contribution in [3.8, 4) is 11.5 Å². The van der Waals surface area contributed by atoms with Gasteiger partial charge in [-0.05, 0) is 29.8 Å². The SMILES string of the molecule is C=Cc1c(NS(=O)(=O)c2cc(N=O)ccc2C)cc(O)c(O)c1C=C.CO. The van der Waals surface area contributed by atoms with Gasteiger partial charge in [0.25, 0.3) is 10.0 Å². The second-order valence-electron chi connectivity index (χ2n) is 5.17. The lowest BCUT2D eigenvalue weighted by Gasteiger charge is -2.16. The molecule has 0 spiro atoms. The summed E-state index contributed by atoms with van der Waals surface area (Å²) in [6, 6.07) is 5.07. The summed E-state index contributed by atoms with van der Waals surface area (Å²) in [5.74, 6) is -0.950. The summed E-state index contributed by atoms with van der Waals surface area (Å²) in [5, 5.41) is 29.4. The van der Waals surface area contributed by atoms with Gasteiger partial charge in [0.2, 0.25) is 0 Å². The number of benzene rings is 2. The van der Waals surface area contributed by atoms with Gasteiger partial charge in [-0.25, -0.2) is 8.42 Å². The molecule has 0 radical (unpaired) electrons. The Kier molecular flexibility index (Phi) is 7.26. The molecule has 0 bridgehead atoms. The van der Waals surface area contributed by atoms with Gasteiger partial charge in [-0.1, -0.05) is 31.4 Å². The van der Waals surface area contributed by atoms with E-state index in [4.69, 9.17) is 5.11 Å². The molecule has 2 rings (SSSR count). The first-order chi connectivity index (χ1) is 12.7. The summed E-state index contributed by atoms with van der Waals surface area (Å²) >= 11 is 0. The first-order valence-corrected chi connectivity index (χ1v) is 8.98. The van der Waals surface area contributed by atoms with Crippen molar-refractivity contribution in [2.75, 3.05) is 11.8 Å². The maximum atomic E-state index is 12.7. The molecule has 0 aromatic heterocycles. The van der Waals surface area contributed by atoms with Gasteiger partial charge in [0.15, 0.2) is 11.5 Å². The predicted molar refractivity (Wildman–Crippen MR) is 106 cm³/mol. The second kappa shape index (κ2) is 8.97. The summed E-state index contributed by atoms with van der Waals surface area (Å²) in [5.41, 5.74) is 0.759. The number of nitrogens with one attached hydrogen (secondary N) is 1. The first-order valence-electron chi connectivity index (χ1n) is 7.50. The molecular weight excluding hydrogens is 372 g/mol. The zero-order chi connectivity index (χ0) is 20.8. The Balaban J connectivity index is 0.00000176. The van der Waals surface area contributed by atoms with E-state index in [9.17, 15) is 23.5 Å². The highest BCUT2D eigenvalue weighted by molar-refractivity contribution is 7.92. The number of hydrogen-bond donors (Lipinski definition) is 4. The fraction of sp³-hybridized carbons (Fsp3) is 0.111. The molecule has 0 saturated carbocycles. The molecule has 0 fully saturated rings. The number of nitroso groups, excluding NO2 is 1. The number of nitrogens with zero attached hydrogens (tertiary/aromatic N) is 1. The third-order valence-electron chi connectivity index (χ3n) is 3.58. The minimum atomic E-state index is -4.09. The molecular formula is C18H20N2O6S. The van der Waals surface area contributed by atoms with Crippen molar-refractivity contribution < 1.29 is 23.7 Å². The molecule has 4 N–H and O–H groups in total. The number of aromatic hydroxyl groups is 2. The van der Waals surface area contributed by atoms with E-state index in [1.165, 1.54) is 24.3 Å². The average molecular weight is 392 g/mol. The molecule has 0 saturated heterocycles. The normalized spacial score (nSPS) is 10.3. The van der Waals surface area contributed by atoms with Gasteiger partial charge in [-0.15, -0.1) is 4.91 Å². The second-order valence-corrected chi connectivity index (χ2v) is 6.82. The summed E-state index contributed by atoms with van der Waals surface area (Å²) < 4.78 is 27.7. The number of aliphatic hydroxyl groups is 1. The minimum absolute atomic E-state index is 0.00376. The lowest BCUT2D eigenvalue weighted by molar-refractivity contribution is 0.399. The summed E-state index contributed by atoms with van der Waals surface area (Å²) in [6.07, 6.45) is 2.59. The Morgan fingerprint density at radius 2 is 1.67 bits per heavy atom. The molecule has 2 aromatic carbocycles. The molecule has 0 aliphatic rings. The van der Waals surface area contributed by atoms with E-state index in [1.807, 2.05) is 0 Å². The molecule has 0 unspecified atom stereocenters. The van der Waals surface area contributed by atoms with E-state index in [1.54, 1.807) is 6.92 Å². The molecule has 8 nitrogen and oxygen atoms in total. The van der Waals surface area contributed by atoms with Crippen LogP contribution < -0.4 is 4.72 Å². The molecule has 0 heterocycles. The third-order valence-corrected chi connectivity index (χ3v) is 5.09. The molecule has 0 atom stereocenters. The van der Waals surface area contributed by atoms with Crippen LogP contribution in [0.3, 0.4) is 0 Å². The average Bonchev–Trinajstić information content (AvgIpc) is 2.65. The van der Waals surface area contributed by atoms with Crippen molar-refractivity contribution in [2.45, 2.75) is 11.8 Å². The number of phenols is 2. The van der Waals surface area contributed by atoms with Gasteiger partial charge >= 0.3 is 0 Å². The highest BCUT2D eigenvalue weighted by Gasteiger charge is 2.21. The van der Waals surface area contributed by atoms with Gasteiger partial charge in [0.05, 0.1) is 10.6 Å². The number of aliphatic hydroxyl groups excluding tert-OH is 1. The lowest BCUT2D eigenvalue weighted by Crippen LogP contribution is -2.15. The predicted octanol–water partition coefficient (Wildman–Crippen LogP) is 3.50. The third kappa shape index (κ3) is 4.52. The minimum Gasteiger partial charge on any atom is -0.504 e. The first kappa shape index (κ1) is 21.9. The number of aryl methyl sites for hydroxylation is 1. The summed E-state index contributed by atoms with van der Waals surface area (Å²) in [6.45, 7) is 8.69. The topological polar surface area (TPSA) is 136 Å². The van der Waals surface area contributed by atoms with Crippen molar-refractivity contribution >= 4 is 33.6 Å². The Bertz CT molecular complexity index is 984. The standard InChI is InChI=1S/C17H16N2O5S.CH4O/c1-4-12-13(5-2)17(21)15(20)9-14(12)19-25(23,24)16-8-11(18-22)7-6-10(16)3;1-2/h4-9,19-21H,1-2H2,3H3;2H,1H3. The van der Waals surface area contributed by atoms with E-state index in [0.29, 0.717) is 5.56 Å². The lowest BCUT2D eigenvalue weighted by atomic mass is 10.0. The van der Waals surface area contributed by atoms with Crippen molar-refractivity contribution in [3.63, 3.8) is 0 Å². The van der Waals surface area contributed by atoms with E-state index in [-0.39, 0.29) is 27.4 Å². The molecule has 0 amide bonds. The maximum absolute atomic E-state index is 12.7. The van der Waals surface area contributed by atoms with Gasteiger partial charge in [-0.3, -0.25) is 4.72 Å². The number of phenolic OH excluding ortho intramolecular Hbond substituents is 2. The highest BCUT2D eigenvalue weighted by atomic mass is 32.2. The fourth-order valence-electron chi connectivity index (χ4n) is 2.34. The highest BCUT2D eigenvalue weighted by Crippen LogP contribution is 2.39. The van der Waals surface area contributed by atoms with Gasteiger partial charge in [0.1, 0.15) is 5.69 Å². The molecule has 0 aliphatic heterocycles. The Hall–Kier alpha value is -3.17. The van der Waals surface area contributed by atoms with Crippen LogP contribution in [-0.4, -0.2) is 30.8 Å². The van der Waals surface area contributed by atoms with Crippen LogP contribution in [0.2, 0.25) is 0 Å². The van der Waals surface area contributed by atoms with Crippen LogP contribution in [0.1, 0.15) is 16.7 Å². The van der Waals surface area contributed by atoms with Crippen molar-refractivity contribution in [1.29, 1.82) is 0 Å². The van der Waals surface area contributed by atoms with Crippen LogP contribution in [0, 0.1) is 11.8 Å². The fourth-order valence-corrected chi connectivity index (χ4v) is 3.68. The molecule has 9 heteroatoms. The van der Waals surface area contributed by atoms with Crippen molar-refractivity contribution in [2.24, 2.45) is 5.18 Å². The Morgan fingerprint density at radius 1 is 1.07 bits per heavy atom. The van der Waals surface area contributed by atoms with Gasteiger partial charge in [0, 0.05) is 24.3 Å². The zero-order valence-electron chi connectivity index (χ0n) is 14.8. The quantitative estimate of drug-likeness (QED) is 0.337. The molecule has 2 aromatic rings. The number of anilines is 1. The van der Waals surface area contributed by atoms with Gasteiger partial charge in [-0.2, -0.15) is 0 Å². The summed E-state index contributed by atoms with van der Waals surface area (Å²) in [4.78, 5) is 10.5. The maximum Gasteiger partial charge on any atom is 0.262 e. The Labute approximate surface area is 157 Å². The van der Waals surface area contributed by atoms with E-state index < -0.39 is 21.5 Å². The van der Waals surface area contributed by atoms with E-state index >= 15 is 0 Å². The number of rotatable bonds is 6. The van der Waals surface area contributed by atoms with Crippen molar-refractivity contribution in [3.05, 3.63) is 59.0 Å². The Morgan fingerprint density at radius 3 is 2.19 bits per heavy atom. The van der Waals surface area contributed by atoms with Crippen LogP contribution in [0.4, 0.5) is 11.4 Å². The van der Waals surface area contributed by atoms with Crippen molar-refractivity contribution in [1.82, 2.24) is 0 Å². The van der Waals surface area contributed by atoms with Crippen LogP contribution >= 0.6 is 0 Å². The molecule has 0 aliphatic carbocycles.